The number of sulfonamides is 1. The van der Waals surface area contributed by atoms with Crippen LogP contribution in [-0.2, 0) is 24.6 Å². The summed E-state index contributed by atoms with van der Waals surface area (Å²) in [6, 6.07) is 2.76. The monoisotopic (exact) mass is 365 g/mol. The summed E-state index contributed by atoms with van der Waals surface area (Å²) in [5, 5.41) is 1.71. The van der Waals surface area contributed by atoms with Crippen LogP contribution in [0.1, 0.15) is 19.3 Å². The van der Waals surface area contributed by atoms with Crippen LogP contribution < -0.4 is 0 Å². The van der Waals surface area contributed by atoms with Gasteiger partial charge in [0.1, 0.15) is 4.21 Å². The van der Waals surface area contributed by atoms with Crippen molar-refractivity contribution >= 4 is 31.2 Å². The van der Waals surface area contributed by atoms with Crippen molar-refractivity contribution < 1.29 is 21.6 Å². The molecule has 0 unspecified atom stereocenters. The third kappa shape index (κ3) is 3.38. The van der Waals surface area contributed by atoms with Crippen molar-refractivity contribution in [1.82, 2.24) is 4.31 Å². The fraction of sp³-hybridized carbons (Fsp3) is 0.692. The smallest absolute Gasteiger partial charge is 0.252 e. The van der Waals surface area contributed by atoms with Gasteiger partial charge in [-0.2, -0.15) is 4.31 Å². The molecule has 0 saturated carbocycles. The van der Waals surface area contributed by atoms with Crippen molar-refractivity contribution in [3.05, 3.63) is 17.5 Å². The van der Waals surface area contributed by atoms with Crippen molar-refractivity contribution in [2.45, 2.75) is 35.6 Å². The number of hydrogen-bond donors (Lipinski definition) is 0. The average Bonchev–Trinajstić information content (AvgIpc) is 3.17. The van der Waals surface area contributed by atoms with E-state index in [4.69, 9.17) is 4.74 Å². The first kappa shape index (κ1) is 16.4. The summed E-state index contributed by atoms with van der Waals surface area (Å²) in [6.07, 6.45) is 1.95. The molecule has 0 bridgehead atoms. The summed E-state index contributed by atoms with van der Waals surface area (Å²) in [4.78, 5) is 0. The molecule has 6 nitrogen and oxygen atoms in total. The van der Waals surface area contributed by atoms with Crippen molar-refractivity contribution in [2.75, 3.05) is 24.7 Å². The second-order valence-electron chi connectivity index (χ2n) is 5.70. The minimum atomic E-state index is -3.67. The van der Waals surface area contributed by atoms with Gasteiger partial charge in [-0.05, 0) is 30.7 Å². The fourth-order valence-electron chi connectivity index (χ4n) is 2.96. The number of hydrogen-bond acceptors (Lipinski definition) is 6. The van der Waals surface area contributed by atoms with Crippen LogP contribution >= 0.6 is 11.3 Å². The number of ether oxygens (including phenoxy) is 1. The zero-order chi connectivity index (χ0) is 15.8. The van der Waals surface area contributed by atoms with Gasteiger partial charge in [0.05, 0.1) is 17.6 Å². The molecule has 0 aromatic carbocycles. The van der Waals surface area contributed by atoms with Crippen molar-refractivity contribution in [1.29, 1.82) is 0 Å². The van der Waals surface area contributed by atoms with Gasteiger partial charge in [0.2, 0.25) is 0 Å². The number of rotatable bonds is 5. The van der Waals surface area contributed by atoms with E-state index in [1.165, 1.54) is 4.31 Å². The van der Waals surface area contributed by atoms with E-state index in [0.717, 1.165) is 24.2 Å². The Hall–Kier alpha value is -0.480. The maximum Gasteiger partial charge on any atom is 0.252 e. The predicted octanol–water partition coefficient (Wildman–Crippen LogP) is 1.10. The molecule has 2 aliphatic heterocycles. The molecule has 1 aromatic heterocycles. The molecule has 2 fully saturated rings. The molecule has 22 heavy (non-hydrogen) atoms. The molecule has 0 aliphatic carbocycles. The Kier molecular flexibility index (Phi) is 4.61. The summed E-state index contributed by atoms with van der Waals surface area (Å²) in [6.45, 7) is 0.876. The molecule has 2 aliphatic rings. The lowest BCUT2D eigenvalue weighted by Crippen LogP contribution is -2.44. The minimum absolute atomic E-state index is 0.0552. The molecule has 0 radical (unpaired) electrons. The van der Waals surface area contributed by atoms with Gasteiger partial charge in [-0.25, -0.2) is 16.8 Å². The second-order valence-corrected chi connectivity index (χ2v) is 11.0. The molecule has 124 valence electrons. The first-order chi connectivity index (χ1) is 10.4. The van der Waals surface area contributed by atoms with E-state index in [-0.39, 0.29) is 28.4 Å². The topological polar surface area (TPSA) is 80.8 Å². The fourth-order valence-corrected chi connectivity index (χ4v) is 7.59. The van der Waals surface area contributed by atoms with Crippen molar-refractivity contribution in [3.8, 4) is 0 Å². The Morgan fingerprint density at radius 3 is 2.73 bits per heavy atom. The molecule has 3 rings (SSSR count). The number of nitrogens with zero attached hydrogens (tertiary/aromatic N) is 1. The molecule has 2 saturated heterocycles. The summed E-state index contributed by atoms with van der Waals surface area (Å²) in [5.74, 6) is -0.0377. The normalized spacial score (nSPS) is 28.4. The van der Waals surface area contributed by atoms with Gasteiger partial charge in [-0.15, -0.1) is 11.3 Å². The summed E-state index contributed by atoms with van der Waals surface area (Å²) >= 11 is 1.15. The van der Waals surface area contributed by atoms with Crippen LogP contribution in [0, 0.1) is 0 Å². The van der Waals surface area contributed by atoms with Gasteiger partial charge in [-0.1, -0.05) is 6.07 Å². The lowest BCUT2D eigenvalue weighted by molar-refractivity contribution is 0.0877. The highest BCUT2D eigenvalue weighted by molar-refractivity contribution is 7.92. The number of thiophene rings is 1. The Balaban J connectivity index is 1.89. The van der Waals surface area contributed by atoms with E-state index in [2.05, 4.69) is 0 Å². The van der Waals surface area contributed by atoms with Crippen LogP contribution in [0.25, 0.3) is 0 Å². The lowest BCUT2D eigenvalue weighted by atomic mass is 10.2. The zero-order valence-electron chi connectivity index (χ0n) is 12.0. The van der Waals surface area contributed by atoms with Gasteiger partial charge in [0.25, 0.3) is 10.0 Å². The molecule has 0 spiro atoms. The van der Waals surface area contributed by atoms with Crippen LogP contribution in [0.2, 0.25) is 0 Å². The van der Waals surface area contributed by atoms with E-state index >= 15 is 0 Å². The Morgan fingerprint density at radius 1 is 1.36 bits per heavy atom. The molecule has 3 heterocycles. The lowest BCUT2D eigenvalue weighted by Gasteiger charge is -2.28. The SMILES string of the molecule is O=S1(=O)CC[C@H](N(C[C@H]2CCCO2)S(=O)(=O)c2cccs2)C1. The van der Waals surface area contributed by atoms with Crippen LogP contribution in [-0.4, -0.2) is 57.9 Å². The molecular weight excluding hydrogens is 346 g/mol. The second kappa shape index (κ2) is 6.20. The molecule has 0 N–H and O–H groups in total. The van der Waals surface area contributed by atoms with Crippen LogP contribution in [0.3, 0.4) is 0 Å². The molecule has 9 heteroatoms. The quantitative estimate of drug-likeness (QED) is 0.781. The molecule has 0 amide bonds. The highest BCUT2D eigenvalue weighted by atomic mass is 32.2. The Labute approximate surface area is 135 Å². The van der Waals surface area contributed by atoms with Crippen molar-refractivity contribution in [2.24, 2.45) is 0 Å². The van der Waals surface area contributed by atoms with Crippen LogP contribution in [0.15, 0.2) is 21.7 Å². The van der Waals surface area contributed by atoms with E-state index in [0.29, 0.717) is 13.0 Å². The maximum atomic E-state index is 12.9. The van der Waals surface area contributed by atoms with E-state index in [1.54, 1.807) is 17.5 Å². The largest absolute Gasteiger partial charge is 0.377 e. The van der Waals surface area contributed by atoms with E-state index < -0.39 is 25.9 Å². The highest BCUT2D eigenvalue weighted by Crippen LogP contribution is 2.29. The van der Waals surface area contributed by atoms with E-state index in [9.17, 15) is 16.8 Å². The third-order valence-corrected chi connectivity index (χ3v) is 9.12. The molecule has 1 aromatic rings. The summed E-state index contributed by atoms with van der Waals surface area (Å²) in [5.41, 5.74) is 0. The van der Waals surface area contributed by atoms with Gasteiger partial charge >= 0.3 is 0 Å². The summed E-state index contributed by atoms with van der Waals surface area (Å²) in [7, 11) is -6.82. The molecular formula is C13H19NO5S3. The highest BCUT2D eigenvalue weighted by Gasteiger charge is 2.40. The van der Waals surface area contributed by atoms with Gasteiger partial charge in [-0.3, -0.25) is 0 Å². The Bertz CT molecular complexity index is 705. The Morgan fingerprint density at radius 2 is 2.18 bits per heavy atom. The minimum Gasteiger partial charge on any atom is -0.377 e. The predicted molar refractivity (Wildman–Crippen MR) is 84.2 cm³/mol. The van der Waals surface area contributed by atoms with Crippen LogP contribution in [0.5, 0.6) is 0 Å². The maximum absolute atomic E-state index is 12.9. The first-order valence-corrected chi connectivity index (χ1v) is 11.4. The van der Waals surface area contributed by atoms with Gasteiger partial charge in [0.15, 0.2) is 9.84 Å². The summed E-state index contributed by atoms with van der Waals surface area (Å²) < 4.78 is 56.4. The average molecular weight is 365 g/mol. The van der Waals surface area contributed by atoms with Gasteiger partial charge in [0, 0.05) is 19.2 Å². The van der Waals surface area contributed by atoms with Crippen molar-refractivity contribution in [3.63, 3.8) is 0 Å². The third-order valence-electron chi connectivity index (χ3n) is 4.08. The zero-order valence-corrected chi connectivity index (χ0v) is 14.5. The standard InChI is InChI=1S/C13H19NO5S3/c15-21(16)8-5-11(10-21)14(9-12-3-1-6-19-12)22(17,18)13-4-2-7-20-13/h2,4,7,11-12H,1,3,5-6,8-10H2/t11-,12+/m0/s1. The first-order valence-electron chi connectivity index (χ1n) is 7.26. The van der Waals surface area contributed by atoms with E-state index in [1.807, 2.05) is 0 Å². The van der Waals surface area contributed by atoms with Gasteiger partial charge < -0.3 is 4.74 Å². The van der Waals surface area contributed by atoms with Crippen LogP contribution in [0.4, 0.5) is 0 Å². The number of sulfone groups is 1. The molecule has 2 atom stereocenters.